The van der Waals surface area contributed by atoms with Gasteiger partial charge in [0.25, 0.3) is 0 Å². The van der Waals surface area contributed by atoms with Crippen molar-refractivity contribution >= 4 is 31.1 Å². The van der Waals surface area contributed by atoms with E-state index in [9.17, 15) is 19.2 Å². The van der Waals surface area contributed by atoms with Crippen LogP contribution >= 0.6 is 0 Å². The number of carbonyl (C=O) groups is 4. The third kappa shape index (κ3) is 14.3. The maximum Gasteiger partial charge on any atom is 0.514 e. The minimum absolute atomic E-state index is 0.0366. The second-order valence-electron chi connectivity index (χ2n) is 18.8. The Morgan fingerprint density at radius 3 is 2.19 bits per heavy atom. The molecular weight excluding hydrogens is 735 g/mol. The van der Waals surface area contributed by atoms with Crippen molar-refractivity contribution in [1.29, 1.82) is 0 Å². The molecule has 1 unspecified atom stereocenters. The first-order valence-corrected chi connectivity index (χ1v) is 20.0. The number of hydrogen-bond acceptors (Lipinski definition) is 13. The molecule has 2 aliphatic rings. The minimum Gasteiger partial charge on any atom is -0.486 e. The third-order valence-corrected chi connectivity index (χ3v) is 8.94. The van der Waals surface area contributed by atoms with Crippen molar-refractivity contribution in [2.24, 2.45) is 5.92 Å². The van der Waals surface area contributed by atoms with Crippen molar-refractivity contribution in [1.82, 2.24) is 19.9 Å². The van der Waals surface area contributed by atoms with E-state index in [1.165, 1.54) is 4.68 Å². The van der Waals surface area contributed by atoms with Gasteiger partial charge in [-0.3, -0.25) is 9.59 Å². The maximum absolute atomic E-state index is 14.0. The first-order chi connectivity index (χ1) is 26.3. The molecule has 0 spiro atoms. The molecule has 3 heterocycles. The Kier molecular flexibility index (Phi) is 14.5. The van der Waals surface area contributed by atoms with Crippen LogP contribution in [0.25, 0.3) is 0 Å². The molecular formula is C41H63BN4O11. The molecule has 4 rings (SSSR count). The molecule has 1 aromatic carbocycles. The Labute approximate surface area is 337 Å². The van der Waals surface area contributed by atoms with Crippen LogP contribution in [-0.2, 0) is 52.5 Å². The molecule has 0 aliphatic carbocycles. The summed E-state index contributed by atoms with van der Waals surface area (Å²) in [6.45, 7) is 24.6. The van der Waals surface area contributed by atoms with Crippen LogP contribution in [0.3, 0.4) is 0 Å². The van der Waals surface area contributed by atoms with Crippen LogP contribution in [0.4, 0.5) is 4.79 Å². The number of amides is 1. The van der Waals surface area contributed by atoms with E-state index in [1.54, 1.807) is 85.5 Å². The van der Waals surface area contributed by atoms with E-state index >= 15 is 0 Å². The standard InChI is InChI=1S/C41H63BN4O11/c1-26(2)14-18-31-41(12,13)57-42(56-31)21-20-27-15-17-30(34(36(49)54-39(6,7)8)35(27)52-37(50)55-40(9,10)11)51-29-23-45(24-29)32(47)25-46-22-28(43-44-46)16-19-33(48)53-38(3,4)5/h15,17,22,26,29,31H,14,16,18-21,23-25H2,1-13H3. The van der Waals surface area contributed by atoms with E-state index in [0.29, 0.717) is 36.3 Å². The number of rotatable bonds is 15. The molecule has 0 bridgehead atoms. The van der Waals surface area contributed by atoms with Gasteiger partial charge in [-0.05, 0) is 119 Å². The van der Waals surface area contributed by atoms with Gasteiger partial charge < -0.3 is 37.9 Å². The highest BCUT2D eigenvalue weighted by Gasteiger charge is 2.45. The van der Waals surface area contributed by atoms with Crippen LogP contribution < -0.4 is 9.47 Å². The lowest BCUT2D eigenvalue weighted by atomic mass is 9.81. The highest BCUT2D eigenvalue weighted by molar-refractivity contribution is 6.45. The average Bonchev–Trinajstić information content (AvgIpc) is 3.58. The van der Waals surface area contributed by atoms with Gasteiger partial charge in [0.15, 0.2) is 5.75 Å². The van der Waals surface area contributed by atoms with Crippen LogP contribution in [-0.4, -0.2) is 98.7 Å². The number of hydrogen-bond donors (Lipinski definition) is 0. The summed E-state index contributed by atoms with van der Waals surface area (Å²) >= 11 is 0. The van der Waals surface area contributed by atoms with E-state index in [0.717, 1.165) is 12.8 Å². The zero-order valence-corrected chi connectivity index (χ0v) is 36.2. The molecule has 16 heteroatoms. The molecule has 15 nitrogen and oxygen atoms in total. The number of aryl methyl sites for hydroxylation is 2. The summed E-state index contributed by atoms with van der Waals surface area (Å²) in [6, 6.07) is 3.40. The summed E-state index contributed by atoms with van der Waals surface area (Å²) in [7, 11) is -0.507. The van der Waals surface area contributed by atoms with E-state index in [-0.39, 0.29) is 61.1 Å². The maximum atomic E-state index is 14.0. The van der Waals surface area contributed by atoms with Gasteiger partial charge >= 0.3 is 25.2 Å². The fraction of sp³-hybridized carbons (Fsp3) is 0.707. The van der Waals surface area contributed by atoms with Gasteiger partial charge in [0.05, 0.1) is 36.9 Å². The van der Waals surface area contributed by atoms with Crippen molar-refractivity contribution in [2.45, 2.75) is 170 Å². The first-order valence-electron chi connectivity index (χ1n) is 20.0. The lowest BCUT2D eigenvalue weighted by Crippen LogP contribution is -2.57. The van der Waals surface area contributed by atoms with Crippen molar-refractivity contribution in [3.63, 3.8) is 0 Å². The molecule has 0 saturated carbocycles. The summed E-state index contributed by atoms with van der Waals surface area (Å²) < 4.78 is 42.9. The molecule has 2 aliphatic heterocycles. The van der Waals surface area contributed by atoms with E-state index in [4.69, 9.17) is 33.0 Å². The molecule has 2 aromatic rings. The largest absolute Gasteiger partial charge is 0.514 e. The molecule has 2 fully saturated rings. The third-order valence-electron chi connectivity index (χ3n) is 8.94. The molecule has 2 saturated heterocycles. The lowest BCUT2D eigenvalue weighted by Gasteiger charge is -2.39. The average molecular weight is 799 g/mol. The highest BCUT2D eigenvalue weighted by atomic mass is 16.7. The number of likely N-dealkylation sites (tertiary alicyclic amines) is 1. The number of nitrogens with zero attached hydrogens (tertiary/aromatic N) is 4. The van der Waals surface area contributed by atoms with Crippen LogP contribution in [0, 0.1) is 5.92 Å². The predicted octanol–water partition coefficient (Wildman–Crippen LogP) is 6.77. The Morgan fingerprint density at radius 2 is 1.58 bits per heavy atom. The Morgan fingerprint density at radius 1 is 0.930 bits per heavy atom. The number of aromatic nitrogens is 3. The summed E-state index contributed by atoms with van der Waals surface area (Å²) in [5.74, 6) is -0.661. The summed E-state index contributed by atoms with van der Waals surface area (Å²) in [5, 5.41) is 8.13. The lowest BCUT2D eigenvalue weighted by molar-refractivity contribution is -0.154. The van der Waals surface area contributed by atoms with Gasteiger partial charge in [-0.25, -0.2) is 14.3 Å². The molecule has 1 aromatic heterocycles. The van der Waals surface area contributed by atoms with Gasteiger partial charge in [0, 0.05) is 12.6 Å². The fourth-order valence-corrected chi connectivity index (χ4v) is 6.27. The van der Waals surface area contributed by atoms with Gasteiger partial charge in [-0.2, -0.15) is 0 Å². The smallest absolute Gasteiger partial charge is 0.486 e. The van der Waals surface area contributed by atoms with Crippen molar-refractivity contribution in [3.05, 3.63) is 35.2 Å². The van der Waals surface area contributed by atoms with Crippen LogP contribution in [0.5, 0.6) is 11.5 Å². The number of esters is 2. The first kappa shape index (κ1) is 45.5. The Hall–Kier alpha value is -4.18. The van der Waals surface area contributed by atoms with Crippen molar-refractivity contribution < 1.29 is 52.2 Å². The number of ether oxygens (including phenoxy) is 5. The minimum atomic E-state index is -0.990. The summed E-state index contributed by atoms with van der Waals surface area (Å²) in [5.41, 5.74) is -1.77. The van der Waals surface area contributed by atoms with Crippen LogP contribution in [0.15, 0.2) is 18.3 Å². The Bertz CT molecular complexity index is 1730. The van der Waals surface area contributed by atoms with Gasteiger partial charge in [-0.15, -0.1) is 5.10 Å². The molecule has 316 valence electrons. The quantitative estimate of drug-likeness (QED) is 0.0802. The second kappa shape index (κ2) is 18.2. The summed E-state index contributed by atoms with van der Waals surface area (Å²) in [6.07, 6.45) is 3.21. The summed E-state index contributed by atoms with van der Waals surface area (Å²) in [4.78, 5) is 54.0. The second-order valence-corrected chi connectivity index (χ2v) is 18.8. The van der Waals surface area contributed by atoms with Crippen molar-refractivity contribution in [2.75, 3.05) is 13.1 Å². The fourth-order valence-electron chi connectivity index (χ4n) is 6.27. The molecule has 0 N–H and O–H groups in total. The van der Waals surface area contributed by atoms with E-state index in [2.05, 4.69) is 24.2 Å². The topological polar surface area (TPSA) is 167 Å². The van der Waals surface area contributed by atoms with Gasteiger partial charge in [0.1, 0.15) is 40.8 Å². The van der Waals surface area contributed by atoms with Gasteiger partial charge in [0.2, 0.25) is 5.91 Å². The molecule has 0 radical (unpaired) electrons. The zero-order chi connectivity index (χ0) is 42.5. The number of benzene rings is 1. The zero-order valence-electron chi connectivity index (χ0n) is 36.2. The van der Waals surface area contributed by atoms with Gasteiger partial charge in [-0.1, -0.05) is 25.1 Å². The predicted molar refractivity (Wildman–Crippen MR) is 212 cm³/mol. The Balaban J connectivity index is 1.50. The molecule has 1 amide bonds. The van der Waals surface area contributed by atoms with E-state index < -0.39 is 47.8 Å². The number of carbonyl (C=O) groups excluding carboxylic acids is 4. The van der Waals surface area contributed by atoms with Crippen LogP contribution in [0.1, 0.15) is 131 Å². The normalized spacial score (nSPS) is 17.3. The highest BCUT2D eigenvalue weighted by Crippen LogP contribution is 2.39. The molecule has 57 heavy (non-hydrogen) atoms. The SMILES string of the molecule is CC(C)CCC1OB(CCc2ccc(OC3CN(C(=O)Cn4cc(CCC(=O)OC(C)(C)C)nn4)C3)c(C(=O)OC(C)(C)C)c2OC(=O)OC(C)(C)C)OC1(C)C. The monoisotopic (exact) mass is 798 g/mol. The van der Waals surface area contributed by atoms with Crippen molar-refractivity contribution in [3.8, 4) is 11.5 Å². The molecule has 1 atom stereocenters. The van der Waals surface area contributed by atoms with E-state index in [1.807, 2.05) is 13.8 Å². The van der Waals surface area contributed by atoms with Crippen LogP contribution in [0.2, 0.25) is 6.32 Å².